The third-order valence-electron chi connectivity index (χ3n) is 2.40. The monoisotopic (exact) mass is 300 g/mol. The van der Waals surface area contributed by atoms with Crippen LogP contribution in [0.15, 0.2) is 0 Å². The standard InChI is InChI=1S/C12H17ClN4O3/c1-8-16-11(13)9(7-18)12(17-8)15-4-3-10(19)14-5-6-20-2/h7H,3-6H2,1-2H3,(H,14,19)(H,15,16,17). The Morgan fingerprint density at radius 2 is 2.15 bits per heavy atom. The number of carbonyl (C=O) groups excluding carboxylic acids is 2. The summed E-state index contributed by atoms with van der Waals surface area (Å²) in [5, 5.41) is 5.69. The Kier molecular flexibility index (Phi) is 6.89. The maximum Gasteiger partial charge on any atom is 0.221 e. The van der Waals surface area contributed by atoms with E-state index in [4.69, 9.17) is 16.3 Å². The van der Waals surface area contributed by atoms with E-state index < -0.39 is 0 Å². The minimum Gasteiger partial charge on any atom is -0.383 e. The van der Waals surface area contributed by atoms with Crippen molar-refractivity contribution in [1.82, 2.24) is 15.3 Å². The molecule has 0 spiro atoms. The number of methoxy groups -OCH3 is 1. The third-order valence-corrected chi connectivity index (χ3v) is 2.69. The molecule has 0 aliphatic rings. The number of hydrogen-bond donors (Lipinski definition) is 2. The van der Waals surface area contributed by atoms with E-state index in [1.165, 1.54) is 0 Å². The summed E-state index contributed by atoms with van der Waals surface area (Å²) in [5.41, 5.74) is 0.192. The first-order chi connectivity index (χ1) is 9.58. The molecule has 20 heavy (non-hydrogen) atoms. The van der Waals surface area contributed by atoms with Crippen LogP contribution >= 0.6 is 11.6 Å². The van der Waals surface area contributed by atoms with Crippen LogP contribution in [-0.4, -0.2) is 49.0 Å². The maximum atomic E-state index is 11.5. The molecule has 0 aliphatic carbocycles. The molecule has 0 aliphatic heterocycles. The molecular formula is C12H17ClN4O3. The van der Waals surface area contributed by atoms with Crippen molar-refractivity contribution in [2.24, 2.45) is 0 Å². The molecule has 0 saturated carbocycles. The fraction of sp³-hybridized carbons (Fsp3) is 0.500. The predicted octanol–water partition coefficient (Wildman–Crippen LogP) is 0.816. The summed E-state index contributed by atoms with van der Waals surface area (Å²) >= 11 is 5.85. The highest BCUT2D eigenvalue weighted by molar-refractivity contribution is 6.32. The number of nitrogens with one attached hydrogen (secondary N) is 2. The number of carbonyl (C=O) groups is 2. The van der Waals surface area contributed by atoms with Gasteiger partial charge in [0.2, 0.25) is 5.91 Å². The summed E-state index contributed by atoms with van der Waals surface area (Å²) in [6.45, 7) is 2.94. The van der Waals surface area contributed by atoms with Gasteiger partial charge in [-0.1, -0.05) is 11.6 Å². The Morgan fingerprint density at radius 1 is 1.40 bits per heavy atom. The summed E-state index contributed by atoms with van der Waals surface area (Å²) in [7, 11) is 1.57. The lowest BCUT2D eigenvalue weighted by Gasteiger charge is -2.09. The van der Waals surface area contributed by atoms with Gasteiger partial charge < -0.3 is 15.4 Å². The fourth-order valence-corrected chi connectivity index (χ4v) is 1.72. The molecule has 0 fully saturated rings. The summed E-state index contributed by atoms with van der Waals surface area (Å²) in [6.07, 6.45) is 0.839. The van der Waals surface area contributed by atoms with Crippen LogP contribution < -0.4 is 10.6 Å². The van der Waals surface area contributed by atoms with Crippen molar-refractivity contribution in [2.75, 3.05) is 32.1 Å². The summed E-state index contributed by atoms with van der Waals surface area (Å²) in [5.74, 6) is 0.675. The van der Waals surface area contributed by atoms with Gasteiger partial charge in [0.15, 0.2) is 6.29 Å². The number of amides is 1. The van der Waals surface area contributed by atoms with E-state index in [1.54, 1.807) is 14.0 Å². The first-order valence-electron chi connectivity index (χ1n) is 6.07. The van der Waals surface area contributed by atoms with Gasteiger partial charge in [0.05, 0.1) is 12.2 Å². The summed E-state index contributed by atoms with van der Waals surface area (Å²) < 4.78 is 4.82. The second-order valence-corrected chi connectivity index (χ2v) is 4.32. The van der Waals surface area contributed by atoms with Crippen LogP contribution in [0.2, 0.25) is 5.15 Å². The highest BCUT2D eigenvalue weighted by atomic mass is 35.5. The number of anilines is 1. The van der Waals surface area contributed by atoms with Gasteiger partial charge in [-0.05, 0) is 6.92 Å². The lowest BCUT2D eigenvalue weighted by atomic mass is 10.3. The molecule has 1 aromatic heterocycles. The topological polar surface area (TPSA) is 93.2 Å². The molecule has 1 aromatic rings. The number of aromatic nitrogens is 2. The zero-order chi connectivity index (χ0) is 15.0. The van der Waals surface area contributed by atoms with Crippen molar-refractivity contribution in [3.8, 4) is 0 Å². The van der Waals surface area contributed by atoms with Crippen molar-refractivity contribution in [2.45, 2.75) is 13.3 Å². The molecule has 1 amide bonds. The maximum absolute atomic E-state index is 11.5. The molecule has 0 atom stereocenters. The molecule has 2 N–H and O–H groups in total. The second kappa shape index (κ2) is 8.44. The van der Waals surface area contributed by atoms with E-state index in [2.05, 4.69) is 20.6 Å². The molecule has 8 heteroatoms. The average molecular weight is 301 g/mol. The van der Waals surface area contributed by atoms with Gasteiger partial charge in [0.25, 0.3) is 0 Å². The zero-order valence-corrected chi connectivity index (χ0v) is 12.2. The highest BCUT2D eigenvalue weighted by Gasteiger charge is 2.11. The lowest BCUT2D eigenvalue weighted by molar-refractivity contribution is -0.121. The second-order valence-electron chi connectivity index (χ2n) is 3.96. The van der Waals surface area contributed by atoms with Crippen LogP contribution in [0.5, 0.6) is 0 Å². The number of hydrogen-bond acceptors (Lipinski definition) is 6. The van der Waals surface area contributed by atoms with Gasteiger partial charge in [-0.15, -0.1) is 0 Å². The van der Waals surface area contributed by atoms with E-state index in [9.17, 15) is 9.59 Å². The van der Waals surface area contributed by atoms with E-state index in [-0.39, 0.29) is 23.0 Å². The predicted molar refractivity (Wildman–Crippen MR) is 75.2 cm³/mol. The molecule has 1 rings (SSSR count). The largest absolute Gasteiger partial charge is 0.383 e. The minimum atomic E-state index is -0.112. The zero-order valence-electron chi connectivity index (χ0n) is 11.4. The van der Waals surface area contributed by atoms with E-state index in [0.29, 0.717) is 37.6 Å². The Morgan fingerprint density at radius 3 is 2.80 bits per heavy atom. The molecule has 0 bridgehead atoms. The van der Waals surface area contributed by atoms with Crippen molar-refractivity contribution in [3.05, 3.63) is 16.5 Å². The Bertz CT molecular complexity index is 482. The van der Waals surface area contributed by atoms with Crippen LogP contribution in [0.4, 0.5) is 5.82 Å². The molecule has 0 aromatic carbocycles. The molecule has 0 radical (unpaired) electrons. The van der Waals surface area contributed by atoms with E-state index in [0.717, 1.165) is 0 Å². The van der Waals surface area contributed by atoms with Crippen LogP contribution in [0.3, 0.4) is 0 Å². The number of rotatable bonds is 8. The Labute approximate surface area is 122 Å². The van der Waals surface area contributed by atoms with Crippen LogP contribution in [-0.2, 0) is 9.53 Å². The van der Waals surface area contributed by atoms with Crippen LogP contribution in [0, 0.1) is 6.92 Å². The van der Waals surface area contributed by atoms with E-state index >= 15 is 0 Å². The molecule has 1 heterocycles. The van der Waals surface area contributed by atoms with Crippen molar-refractivity contribution in [1.29, 1.82) is 0 Å². The molecule has 0 unspecified atom stereocenters. The van der Waals surface area contributed by atoms with Gasteiger partial charge in [0.1, 0.15) is 16.8 Å². The average Bonchev–Trinajstić information content (AvgIpc) is 2.38. The Hall–Kier alpha value is -1.73. The quantitative estimate of drug-likeness (QED) is 0.419. The molecule has 0 saturated heterocycles. The van der Waals surface area contributed by atoms with Gasteiger partial charge in [-0.25, -0.2) is 9.97 Å². The molecule has 7 nitrogen and oxygen atoms in total. The normalized spacial score (nSPS) is 10.2. The SMILES string of the molecule is COCCNC(=O)CCNc1nc(C)nc(Cl)c1C=O. The van der Waals surface area contributed by atoms with Gasteiger partial charge >= 0.3 is 0 Å². The molecule has 110 valence electrons. The van der Waals surface area contributed by atoms with Gasteiger partial charge in [-0.3, -0.25) is 9.59 Å². The van der Waals surface area contributed by atoms with Crippen molar-refractivity contribution < 1.29 is 14.3 Å². The number of nitrogens with zero attached hydrogens (tertiary/aromatic N) is 2. The minimum absolute atomic E-state index is 0.0968. The molecular weight excluding hydrogens is 284 g/mol. The van der Waals surface area contributed by atoms with Crippen molar-refractivity contribution >= 4 is 29.6 Å². The van der Waals surface area contributed by atoms with Gasteiger partial charge in [-0.2, -0.15) is 0 Å². The van der Waals surface area contributed by atoms with Crippen molar-refractivity contribution in [3.63, 3.8) is 0 Å². The summed E-state index contributed by atoms with van der Waals surface area (Å²) in [4.78, 5) is 30.4. The van der Waals surface area contributed by atoms with Gasteiger partial charge in [0, 0.05) is 26.6 Å². The van der Waals surface area contributed by atoms with Crippen LogP contribution in [0.25, 0.3) is 0 Å². The smallest absolute Gasteiger partial charge is 0.221 e. The van der Waals surface area contributed by atoms with E-state index in [1.807, 2.05) is 0 Å². The first kappa shape index (κ1) is 16.3. The first-order valence-corrected chi connectivity index (χ1v) is 6.45. The number of aldehydes is 1. The lowest BCUT2D eigenvalue weighted by Crippen LogP contribution is -2.28. The van der Waals surface area contributed by atoms with Crippen LogP contribution in [0.1, 0.15) is 22.6 Å². The number of ether oxygens (including phenoxy) is 1. The number of aryl methyl sites for hydroxylation is 1. The fourth-order valence-electron chi connectivity index (χ4n) is 1.46. The Balaban J connectivity index is 2.49. The third kappa shape index (κ3) is 5.10. The summed E-state index contributed by atoms with van der Waals surface area (Å²) in [6, 6.07) is 0. The number of halogens is 1. The highest BCUT2D eigenvalue weighted by Crippen LogP contribution is 2.18.